The van der Waals surface area contributed by atoms with Gasteiger partial charge >= 0.3 is 11.8 Å². The molecule has 2 aliphatic rings. The van der Waals surface area contributed by atoms with Crippen molar-refractivity contribution in [1.29, 1.82) is 0 Å². The normalized spacial score (nSPS) is 18.0. The maximum atomic E-state index is 12.2. The standard InChI is InChI=1S/C19H15Cl2N5O5/c20-11-5-8(22-17(27)16-24-19(29)31-25-16)6-12(21)15(11)30-10-3-4-13-14(7-10)26(9-1-2-9)18(28)23-13/h3-7,9,16,25H,1-2H2,(H,22,27)(H,23,28)(H,24,29). The van der Waals surface area contributed by atoms with Gasteiger partial charge in [0.15, 0.2) is 11.9 Å². The molecular weight excluding hydrogens is 449 g/mol. The Morgan fingerprint density at radius 2 is 1.90 bits per heavy atom. The van der Waals surface area contributed by atoms with Crippen molar-refractivity contribution in [2.24, 2.45) is 0 Å². The molecule has 1 saturated carbocycles. The lowest BCUT2D eigenvalue weighted by Crippen LogP contribution is -2.43. The second-order valence-electron chi connectivity index (χ2n) is 7.16. The number of aromatic nitrogens is 2. The Kier molecular flexibility index (Phi) is 4.77. The van der Waals surface area contributed by atoms with Gasteiger partial charge in [0, 0.05) is 17.8 Å². The minimum Gasteiger partial charge on any atom is -0.454 e. The summed E-state index contributed by atoms with van der Waals surface area (Å²) >= 11 is 12.7. The second-order valence-corrected chi connectivity index (χ2v) is 7.97. The van der Waals surface area contributed by atoms with Gasteiger partial charge in [-0.3, -0.25) is 14.7 Å². The van der Waals surface area contributed by atoms with E-state index in [1.807, 2.05) is 0 Å². The molecule has 0 bridgehead atoms. The van der Waals surface area contributed by atoms with Crippen LogP contribution in [-0.2, 0) is 9.63 Å². The summed E-state index contributed by atoms with van der Waals surface area (Å²) in [5.74, 6) is 0.0891. The van der Waals surface area contributed by atoms with Crippen LogP contribution < -0.4 is 26.5 Å². The summed E-state index contributed by atoms with van der Waals surface area (Å²) in [5, 5.41) is 5.17. The van der Waals surface area contributed by atoms with E-state index in [0.717, 1.165) is 23.9 Å². The molecule has 1 aromatic heterocycles. The zero-order chi connectivity index (χ0) is 21.7. The Balaban J connectivity index is 1.38. The Hall–Kier alpha value is -3.21. The SMILES string of the molecule is O=C1NC(C(=O)Nc2cc(Cl)c(Oc3ccc4[nH]c(=O)n(C5CC5)c4c3)c(Cl)c2)NO1. The first-order chi connectivity index (χ1) is 14.9. The third-order valence-electron chi connectivity index (χ3n) is 4.88. The summed E-state index contributed by atoms with van der Waals surface area (Å²) < 4.78 is 7.62. The number of benzene rings is 2. The fourth-order valence-corrected chi connectivity index (χ4v) is 3.89. The first kappa shape index (κ1) is 19.7. The Labute approximate surface area is 184 Å². The number of H-pyrrole nitrogens is 1. The zero-order valence-corrected chi connectivity index (χ0v) is 17.2. The van der Waals surface area contributed by atoms with Crippen LogP contribution >= 0.6 is 23.2 Å². The van der Waals surface area contributed by atoms with Gasteiger partial charge in [0.1, 0.15) is 5.75 Å². The molecule has 0 radical (unpaired) electrons. The van der Waals surface area contributed by atoms with Crippen molar-refractivity contribution in [3.63, 3.8) is 0 Å². The molecule has 1 aliphatic carbocycles. The zero-order valence-electron chi connectivity index (χ0n) is 15.7. The lowest BCUT2D eigenvalue weighted by atomic mass is 10.2. The average Bonchev–Trinajstić information content (AvgIpc) is 3.36. The van der Waals surface area contributed by atoms with E-state index in [1.54, 1.807) is 22.8 Å². The molecule has 1 unspecified atom stereocenters. The van der Waals surface area contributed by atoms with E-state index in [9.17, 15) is 14.4 Å². The number of aromatic amines is 1. The van der Waals surface area contributed by atoms with E-state index in [1.165, 1.54) is 12.1 Å². The summed E-state index contributed by atoms with van der Waals surface area (Å²) in [5.41, 5.74) is 3.86. The predicted octanol–water partition coefficient (Wildman–Crippen LogP) is 3.27. The number of imidazole rings is 1. The number of anilines is 1. The van der Waals surface area contributed by atoms with E-state index in [4.69, 9.17) is 27.9 Å². The van der Waals surface area contributed by atoms with Crippen molar-refractivity contribution in [2.45, 2.75) is 25.0 Å². The van der Waals surface area contributed by atoms with E-state index < -0.39 is 18.2 Å². The molecule has 3 aromatic rings. The number of fused-ring (bicyclic) bond motifs is 1. The van der Waals surface area contributed by atoms with Crippen molar-refractivity contribution in [2.75, 3.05) is 5.32 Å². The van der Waals surface area contributed by atoms with Crippen LogP contribution in [0.4, 0.5) is 10.5 Å². The van der Waals surface area contributed by atoms with Crippen LogP contribution in [0.1, 0.15) is 18.9 Å². The lowest BCUT2D eigenvalue weighted by Gasteiger charge is -2.14. The number of amides is 2. The van der Waals surface area contributed by atoms with Gasteiger partial charge in [-0.05, 0) is 37.1 Å². The van der Waals surface area contributed by atoms with E-state index in [-0.39, 0.29) is 27.5 Å². The van der Waals surface area contributed by atoms with Crippen LogP contribution in [0.3, 0.4) is 0 Å². The molecule has 31 heavy (non-hydrogen) atoms. The van der Waals surface area contributed by atoms with Gasteiger partial charge in [0.25, 0.3) is 5.91 Å². The molecule has 12 heteroatoms. The highest BCUT2D eigenvalue weighted by molar-refractivity contribution is 6.37. The molecule has 2 aromatic carbocycles. The molecule has 160 valence electrons. The fraction of sp³-hybridized carbons (Fsp3) is 0.211. The highest BCUT2D eigenvalue weighted by Gasteiger charge is 2.29. The Morgan fingerprint density at radius 3 is 2.55 bits per heavy atom. The number of hydrogen-bond acceptors (Lipinski definition) is 6. The summed E-state index contributed by atoms with van der Waals surface area (Å²) in [6, 6.07) is 8.35. The van der Waals surface area contributed by atoms with Crippen molar-refractivity contribution < 1.29 is 19.2 Å². The van der Waals surface area contributed by atoms with E-state index >= 15 is 0 Å². The largest absolute Gasteiger partial charge is 0.454 e. The number of nitrogens with zero attached hydrogens (tertiary/aromatic N) is 1. The summed E-state index contributed by atoms with van der Waals surface area (Å²) in [6.07, 6.45) is 0.133. The number of nitrogens with one attached hydrogen (secondary N) is 4. The number of carbonyl (C=O) groups is 2. The van der Waals surface area contributed by atoms with Crippen LogP contribution in [0.15, 0.2) is 35.1 Å². The molecule has 10 nitrogen and oxygen atoms in total. The van der Waals surface area contributed by atoms with Crippen molar-refractivity contribution >= 4 is 51.9 Å². The topological polar surface area (TPSA) is 126 Å². The summed E-state index contributed by atoms with van der Waals surface area (Å²) in [6.45, 7) is 0. The van der Waals surface area contributed by atoms with Gasteiger partial charge in [-0.1, -0.05) is 23.2 Å². The van der Waals surface area contributed by atoms with Crippen LogP contribution in [0, 0.1) is 0 Å². The molecule has 5 rings (SSSR count). The number of halogens is 2. The van der Waals surface area contributed by atoms with E-state index in [0.29, 0.717) is 11.4 Å². The molecule has 2 amide bonds. The molecule has 1 aliphatic heterocycles. The van der Waals surface area contributed by atoms with Crippen LogP contribution in [0.25, 0.3) is 11.0 Å². The number of hydrogen-bond donors (Lipinski definition) is 4. The third-order valence-corrected chi connectivity index (χ3v) is 5.44. The van der Waals surface area contributed by atoms with Gasteiger partial charge in [-0.2, -0.15) is 0 Å². The first-order valence-electron chi connectivity index (χ1n) is 9.34. The van der Waals surface area contributed by atoms with Crippen molar-refractivity contribution in [3.8, 4) is 11.5 Å². The Bertz CT molecular complexity index is 1260. The number of carbonyl (C=O) groups excluding carboxylic acids is 2. The maximum Gasteiger partial charge on any atom is 0.427 e. The lowest BCUT2D eigenvalue weighted by molar-refractivity contribution is -0.119. The molecule has 1 saturated heterocycles. The molecule has 0 spiro atoms. The monoisotopic (exact) mass is 463 g/mol. The number of rotatable bonds is 5. The molecule has 1 atom stereocenters. The highest BCUT2D eigenvalue weighted by atomic mass is 35.5. The molecule has 2 fully saturated rings. The van der Waals surface area contributed by atoms with E-state index in [2.05, 4.69) is 25.9 Å². The third kappa shape index (κ3) is 3.80. The first-order valence-corrected chi connectivity index (χ1v) is 10.1. The Morgan fingerprint density at radius 1 is 1.16 bits per heavy atom. The van der Waals surface area contributed by atoms with Gasteiger partial charge in [0.05, 0.1) is 21.1 Å². The van der Waals surface area contributed by atoms with Gasteiger partial charge in [-0.15, -0.1) is 5.48 Å². The van der Waals surface area contributed by atoms with Gasteiger partial charge in [0.2, 0.25) is 0 Å². The van der Waals surface area contributed by atoms with Crippen LogP contribution in [-0.4, -0.2) is 27.7 Å². The predicted molar refractivity (Wildman–Crippen MR) is 113 cm³/mol. The molecule has 2 heterocycles. The minimum absolute atomic E-state index is 0.149. The second kappa shape index (κ2) is 7.49. The molecule has 4 N–H and O–H groups in total. The minimum atomic E-state index is -1.04. The smallest absolute Gasteiger partial charge is 0.427 e. The van der Waals surface area contributed by atoms with Crippen LogP contribution in [0.2, 0.25) is 10.0 Å². The van der Waals surface area contributed by atoms with Crippen molar-refractivity contribution in [1.82, 2.24) is 20.3 Å². The van der Waals surface area contributed by atoms with Crippen LogP contribution in [0.5, 0.6) is 11.5 Å². The highest BCUT2D eigenvalue weighted by Crippen LogP contribution is 2.40. The average molecular weight is 464 g/mol. The fourth-order valence-electron chi connectivity index (χ4n) is 3.33. The number of hydroxylamine groups is 1. The number of ether oxygens (including phenoxy) is 1. The quantitative estimate of drug-likeness (QED) is 0.459. The van der Waals surface area contributed by atoms with Crippen molar-refractivity contribution in [3.05, 3.63) is 50.9 Å². The van der Waals surface area contributed by atoms with Gasteiger partial charge in [-0.25, -0.2) is 9.59 Å². The summed E-state index contributed by atoms with van der Waals surface area (Å²) in [4.78, 5) is 42.7. The summed E-state index contributed by atoms with van der Waals surface area (Å²) in [7, 11) is 0. The van der Waals surface area contributed by atoms with Gasteiger partial charge < -0.3 is 19.9 Å². The maximum absolute atomic E-state index is 12.2. The molecular formula is C19H15Cl2N5O5.